The van der Waals surface area contributed by atoms with Gasteiger partial charge in [-0.15, -0.1) is 0 Å². The molecular formula is C35H62N8. The summed E-state index contributed by atoms with van der Waals surface area (Å²) in [4.78, 5) is 0. The van der Waals surface area contributed by atoms with Gasteiger partial charge in [0.15, 0.2) is 0 Å². The molecule has 8 bridgehead atoms. The number of rotatable bonds is 0. The minimum Gasteiger partial charge on any atom is -0.286 e. The summed E-state index contributed by atoms with van der Waals surface area (Å²) in [6.45, 7) is 7.63. The molecule has 8 N–H and O–H groups in total. The highest BCUT2D eigenvalue weighted by atomic mass is 15.4. The van der Waals surface area contributed by atoms with Crippen molar-refractivity contribution < 1.29 is 0 Å². The summed E-state index contributed by atoms with van der Waals surface area (Å²) >= 11 is 0. The summed E-state index contributed by atoms with van der Waals surface area (Å²) in [5, 5.41) is 34.1. The van der Waals surface area contributed by atoms with Crippen LogP contribution >= 0.6 is 0 Å². The van der Waals surface area contributed by atoms with Crippen molar-refractivity contribution in [1.29, 1.82) is 0 Å². The lowest BCUT2D eigenvalue weighted by Crippen LogP contribution is -2.61. The van der Waals surface area contributed by atoms with Gasteiger partial charge in [-0.3, -0.25) is 42.5 Å². The van der Waals surface area contributed by atoms with Gasteiger partial charge in [-0.1, -0.05) is 59.3 Å². The van der Waals surface area contributed by atoms with E-state index in [0.717, 1.165) is 53.3 Å². The first kappa shape index (κ1) is 28.9. The smallest absolute Gasteiger partial charge is 0.0631 e. The fourth-order valence-corrected chi connectivity index (χ4v) is 12.9. The minimum absolute atomic E-state index is 0.369. The zero-order valence-electron chi connectivity index (χ0n) is 27.2. The van der Waals surface area contributed by atoms with Gasteiger partial charge in [0.05, 0.1) is 49.3 Å². The molecule has 9 aliphatic rings. The monoisotopic (exact) mass is 595 g/mol. The Labute approximate surface area is 260 Å². The number of hydrogen-bond donors (Lipinski definition) is 8. The van der Waals surface area contributed by atoms with Gasteiger partial charge in [0.25, 0.3) is 0 Å². The quantitative estimate of drug-likeness (QED) is 0.217. The fraction of sp³-hybridized carbons (Fsp3) is 1.00. The molecule has 5 heterocycles. The Morgan fingerprint density at radius 1 is 0.326 bits per heavy atom. The molecule has 19 atom stereocenters. The SMILES string of the molecule is CC1CC2C3NC4NC(NC5NC(NC6NC(NC(N3)C2C(C)C1C)C1CCCCC61)C1CCCCC51)C1CCCCC41. The molecule has 9 fully saturated rings. The van der Waals surface area contributed by atoms with Crippen LogP contribution in [-0.4, -0.2) is 49.3 Å². The van der Waals surface area contributed by atoms with Crippen LogP contribution in [-0.2, 0) is 0 Å². The van der Waals surface area contributed by atoms with Crippen molar-refractivity contribution >= 4 is 0 Å². The van der Waals surface area contributed by atoms with Gasteiger partial charge in [0, 0.05) is 0 Å². The second kappa shape index (κ2) is 11.4. The molecule has 5 aliphatic heterocycles. The van der Waals surface area contributed by atoms with Gasteiger partial charge < -0.3 is 0 Å². The molecule has 5 saturated heterocycles. The highest BCUT2D eigenvalue weighted by Crippen LogP contribution is 2.49. The fourth-order valence-electron chi connectivity index (χ4n) is 12.9. The van der Waals surface area contributed by atoms with Crippen molar-refractivity contribution in [3.63, 3.8) is 0 Å². The van der Waals surface area contributed by atoms with Gasteiger partial charge in [-0.25, -0.2) is 0 Å². The molecule has 0 amide bonds. The minimum atomic E-state index is 0.369. The van der Waals surface area contributed by atoms with Crippen molar-refractivity contribution in [2.24, 2.45) is 65.1 Å². The molecule has 0 spiro atoms. The van der Waals surface area contributed by atoms with Crippen LogP contribution in [0.5, 0.6) is 0 Å². The molecule has 0 radical (unpaired) electrons. The molecule has 9 rings (SSSR count). The summed E-state index contributed by atoms with van der Waals surface area (Å²) in [5.74, 6) is 8.03. The molecule has 19 unspecified atom stereocenters. The lowest BCUT2D eigenvalue weighted by molar-refractivity contribution is 0.0537. The van der Waals surface area contributed by atoms with Crippen molar-refractivity contribution in [1.82, 2.24) is 42.5 Å². The first-order valence-corrected chi connectivity index (χ1v) is 19.1. The van der Waals surface area contributed by atoms with E-state index >= 15 is 0 Å². The highest BCUT2D eigenvalue weighted by Gasteiger charge is 2.56. The van der Waals surface area contributed by atoms with Crippen LogP contribution in [0.2, 0.25) is 0 Å². The Hall–Kier alpha value is -0.320. The van der Waals surface area contributed by atoms with E-state index in [-0.39, 0.29) is 0 Å². The Morgan fingerprint density at radius 3 is 0.930 bits per heavy atom. The molecule has 8 heteroatoms. The van der Waals surface area contributed by atoms with E-state index in [1.165, 1.54) is 83.5 Å². The Balaban J connectivity index is 1.07. The molecular weight excluding hydrogens is 532 g/mol. The summed E-state index contributed by atoms with van der Waals surface area (Å²) in [6.07, 6.45) is 21.1. The molecule has 8 nitrogen and oxygen atoms in total. The maximum absolute atomic E-state index is 4.33. The molecule has 4 saturated carbocycles. The van der Waals surface area contributed by atoms with Gasteiger partial charge >= 0.3 is 0 Å². The zero-order chi connectivity index (χ0) is 28.8. The third kappa shape index (κ3) is 4.82. The summed E-state index contributed by atoms with van der Waals surface area (Å²) < 4.78 is 0. The lowest BCUT2D eigenvalue weighted by atomic mass is 9.63. The summed E-state index contributed by atoms with van der Waals surface area (Å²) in [5.41, 5.74) is 0. The van der Waals surface area contributed by atoms with Crippen LogP contribution in [0.15, 0.2) is 0 Å². The standard InChI is InChI=1S/C35H62N8/c1-17-16-26-27(19(3)18(17)2)35-42-33-25-15-9-8-14-24(25)31(40-33)38-29-21-11-5-4-10-20(21)28(36-29)37-30-22-12-6-7-13-23(22)32(39-30)41-34(26)43-35/h17-43H,4-16H2,1-3H3. The van der Waals surface area contributed by atoms with Crippen LogP contribution in [0.4, 0.5) is 0 Å². The lowest BCUT2D eigenvalue weighted by Gasteiger charge is -2.44. The summed E-state index contributed by atoms with van der Waals surface area (Å²) in [7, 11) is 0. The van der Waals surface area contributed by atoms with Gasteiger partial charge in [0.1, 0.15) is 0 Å². The van der Waals surface area contributed by atoms with Crippen molar-refractivity contribution in [2.45, 2.75) is 154 Å². The largest absolute Gasteiger partial charge is 0.286 e. The van der Waals surface area contributed by atoms with E-state index in [9.17, 15) is 0 Å². The van der Waals surface area contributed by atoms with Crippen LogP contribution in [0.3, 0.4) is 0 Å². The van der Waals surface area contributed by atoms with Crippen molar-refractivity contribution in [3.05, 3.63) is 0 Å². The van der Waals surface area contributed by atoms with E-state index in [1.54, 1.807) is 0 Å². The number of nitrogens with one attached hydrogen (secondary N) is 8. The van der Waals surface area contributed by atoms with E-state index < -0.39 is 0 Å². The third-order valence-corrected chi connectivity index (χ3v) is 15.4. The van der Waals surface area contributed by atoms with E-state index in [2.05, 4.69) is 63.3 Å². The normalized spacial score (nSPS) is 59.7. The van der Waals surface area contributed by atoms with Crippen molar-refractivity contribution in [3.8, 4) is 0 Å². The third-order valence-electron chi connectivity index (χ3n) is 15.4. The average Bonchev–Trinajstić information content (AvgIpc) is 3.75. The topological polar surface area (TPSA) is 96.2 Å². The second-order valence-electron chi connectivity index (χ2n) is 17.2. The van der Waals surface area contributed by atoms with Crippen LogP contribution in [0.25, 0.3) is 0 Å². The molecule has 0 aromatic carbocycles. The van der Waals surface area contributed by atoms with Crippen molar-refractivity contribution in [2.75, 3.05) is 0 Å². The highest BCUT2D eigenvalue weighted by molar-refractivity contribution is 5.09. The molecule has 43 heavy (non-hydrogen) atoms. The van der Waals surface area contributed by atoms with Gasteiger partial charge in [0.2, 0.25) is 0 Å². The Bertz CT molecular complexity index is 1010. The second-order valence-corrected chi connectivity index (χ2v) is 17.2. The van der Waals surface area contributed by atoms with Crippen LogP contribution in [0.1, 0.15) is 104 Å². The number of fused-ring (bicyclic) bond motifs is 20. The average molecular weight is 595 g/mol. The predicted molar refractivity (Wildman–Crippen MR) is 171 cm³/mol. The van der Waals surface area contributed by atoms with Crippen LogP contribution < -0.4 is 42.5 Å². The molecule has 4 aliphatic carbocycles. The number of hydrogen-bond acceptors (Lipinski definition) is 8. The molecule has 0 aromatic rings. The maximum atomic E-state index is 4.33. The molecule has 0 aromatic heterocycles. The summed E-state index contributed by atoms with van der Waals surface area (Å²) in [6, 6.07) is 0. The van der Waals surface area contributed by atoms with E-state index in [4.69, 9.17) is 0 Å². The zero-order valence-corrected chi connectivity index (χ0v) is 27.2. The maximum Gasteiger partial charge on any atom is 0.0631 e. The Morgan fingerprint density at radius 2 is 0.605 bits per heavy atom. The predicted octanol–water partition coefficient (Wildman–Crippen LogP) is 3.34. The first-order chi connectivity index (χ1) is 21.0. The first-order valence-electron chi connectivity index (χ1n) is 19.1. The van der Waals surface area contributed by atoms with Crippen LogP contribution in [0, 0.1) is 65.1 Å². The van der Waals surface area contributed by atoms with E-state index in [0.29, 0.717) is 61.2 Å². The van der Waals surface area contributed by atoms with Gasteiger partial charge in [-0.05, 0) is 110 Å². The Kier molecular flexibility index (Phi) is 7.67. The van der Waals surface area contributed by atoms with E-state index in [1.807, 2.05) is 0 Å². The van der Waals surface area contributed by atoms with Gasteiger partial charge in [-0.2, -0.15) is 0 Å². The molecule has 242 valence electrons.